The van der Waals surface area contributed by atoms with E-state index in [0.29, 0.717) is 71.7 Å². The third-order valence-electron chi connectivity index (χ3n) is 14.7. The Morgan fingerprint density at radius 2 is 0.942 bits per heavy atom. The molecule has 27 heteroatoms. The minimum atomic E-state index is -1.05. The zero-order chi connectivity index (χ0) is 65.5. The molecule has 0 radical (unpaired) electrons. The van der Waals surface area contributed by atoms with Gasteiger partial charge in [-0.3, -0.25) is 0 Å². The lowest BCUT2D eigenvalue weighted by atomic mass is 10.00. The summed E-state index contributed by atoms with van der Waals surface area (Å²) in [5.74, 6) is 0. The van der Waals surface area contributed by atoms with Gasteiger partial charge in [-0.25, -0.2) is 8.78 Å². The molecule has 0 saturated carbocycles. The highest BCUT2D eigenvalue weighted by Gasteiger charge is 2.60. The summed E-state index contributed by atoms with van der Waals surface area (Å²) in [6.07, 6.45) is -1.67. The normalized spacial score (nSPS) is 36.8. The van der Waals surface area contributed by atoms with Crippen LogP contribution in [0.1, 0.15) is 61.3 Å². The van der Waals surface area contributed by atoms with Crippen LogP contribution < -0.4 is 0 Å². The highest BCUT2D eigenvalue weighted by atomic mass is 32.2. The first-order valence-electron chi connectivity index (χ1n) is 29.3. The first-order chi connectivity index (χ1) is 41.0. The van der Waals surface area contributed by atoms with Crippen molar-refractivity contribution in [3.8, 4) is 0 Å². The van der Waals surface area contributed by atoms with Gasteiger partial charge in [0, 0.05) is 132 Å². The van der Waals surface area contributed by atoms with Crippen molar-refractivity contribution in [3.05, 3.63) is 0 Å². The molecule has 518 valence electrons. The second kappa shape index (κ2) is 48.9. The van der Waals surface area contributed by atoms with Gasteiger partial charge in [-0.15, -0.1) is 11.8 Å². The Kier molecular flexibility index (Phi) is 48.5. The number of aliphatic hydroxyl groups excluding tert-OH is 2. The summed E-state index contributed by atoms with van der Waals surface area (Å²) in [5.41, 5.74) is -0.367. The Bertz CT molecular complexity index is 1480. The molecule has 0 aromatic heterocycles. The Labute approximate surface area is 518 Å². The van der Waals surface area contributed by atoms with Crippen molar-refractivity contribution >= 4 is 11.8 Å². The highest BCUT2D eigenvalue weighted by molar-refractivity contribution is 8.00. The quantitative estimate of drug-likeness (QED) is 0.130. The number of methoxy groups -OCH3 is 15. The second-order valence-corrected chi connectivity index (χ2v) is 23.3. The van der Waals surface area contributed by atoms with E-state index in [1.165, 1.54) is 14.2 Å². The van der Waals surface area contributed by atoms with Gasteiger partial charge in [-0.1, -0.05) is 6.92 Å². The van der Waals surface area contributed by atoms with E-state index in [-0.39, 0.29) is 102 Å². The molecule has 4 unspecified atom stereocenters. The monoisotopic (exact) mass is 1280 g/mol. The predicted molar refractivity (Wildman–Crippen MR) is 320 cm³/mol. The van der Waals surface area contributed by atoms with Crippen LogP contribution in [0.15, 0.2) is 0 Å². The highest BCUT2D eigenvalue weighted by Crippen LogP contribution is 2.41. The summed E-state index contributed by atoms with van der Waals surface area (Å²) in [5, 5.41) is 18.9. The van der Waals surface area contributed by atoms with Gasteiger partial charge in [0.2, 0.25) is 0 Å². The van der Waals surface area contributed by atoms with Crippen molar-refractivity contribution in [1.29, 1.82) is 0 Å². The van der Waals surface area contributed by atoms with E-state index >= 15 is 0 Å². The lowest BCUT2D eigenvalue weighted by Gasteiger charge is -2.29. The van der Waals surface area contributed by atoms with Crippen molar-refractivity contribution in [2.75, 3.05) is 180 Å². The van der Waals surface area contributed by atoms with Crippen LogP contribution in [-0.2, 0) is 104 Å². The molecule has 7 heterocycles. The van der Waals surface area contributed by atoms with Crippen molar-refractivity contribution in [1.82, 2.24) is 0 Å². The van der Waals surface area contributed by atoms with Gasteiger partial charge >= 0.3 is 0 Å². The van der Waals surface area contributed by atoms with Crippen molar-refractivity contribution in [2.45, 2.75) is 206 Å². The van der Waals surface area contributed by atoms with Gasteiger partial charge in [0.15, 0.2) is 12.3 Å². The fourth-order valence-electron chi connectivity index (χ4n) is 10.7. The summed E-state index contributed by atoms with van der Waals surface area (Å²) in [4.78, 5) is 0. The van der Waals surface area contributed by atoms with E-state index in [1.54, 1.807) is 132 Å². The average Bonchev–Trinajstić information content (AvgIpc) is 1.74. The molecule has 0 aromatic carbocycles. The molecule has 23 atom stereocenters. The maximum absolute atomic E-state index is 13.2. The Balaban J connectivity index is 0.000000973. The molecule has 2 N–H and O–H groups in total. The van der Waals surface area contributed by atoms with Gasteiger partial charge in [0.25, 0.3) is 0 Å². The molecule has 7 aliphatic rings. The van der Waals surface area contributed by atoms with Crippen LogP contribution in [0.3, 0.4) is 0 Å². The molecule has 2 bridgehead atoms. The molecule has 24 nitrogen and oxygen atoms in total. The molecule has 0 aromatic rings. The minimum Gasteiger partial charge on any atom is -0.394 e. The molecule has 0 spiro atoms. The van der Waals surface area contributed by atoms with Crippen LogP contribution in [0.2, 0.25) is 0 Å². The third kappa shape index (κ3) is 29.0. The van der Waals surface area contributed by atoms with Gasteiger partial charge in [0.1, 0.15) is 60.5 Å². The van der Waals surface area contributed by atoms with E-state index in [1.807, 2.05) is 13.8 Å². The van der Waals surface area contributed by atoms with Crippen molar-refractivity contribution < 1.29 is 123 Å². The fourth-order valence-corrected chi connectivity index (χ4v) is 12.2. The van der Waals surface area contributed by atoms with Gasteiger partial charge in [-0.05, 0) is 41.5 Å². The zero-order valence-electron chi connectivity index (χ0n) is 56.3. The number of halogens is 2. The lowest BCUT2D eigenvalue weighted by molar-refractivity contribution is -0.161. The van der Waals surface area contributed by atoms with E-state index in [4.69, 9.17) is 105 Å². The van der Waals surface area contributed by atoms with Crippen LogP contribution in [0, 0.1) is 0 Å². The van der Waals surface area contributed by atoms with E-state index in [2.05, 4.69) is 18.6 Å². The molecular weight excluding hydrogens is 1160 g/mol. The molecule has 0 aliphatic carbocycles. The van der Waals surface area contributed by atoms with Crippen molar-refractivity contribution in [3.63, 3.8) is 0 Å². The second-order valence-electron chi connectivity index (χ2n) is 21.7. The SMILES string of the molecule is COC.COCC(COC)O[C@@H](C)CO.COC[C@@]12COC([C@H](C)O1)[C@H]2OC.COC[C@H]1O[C@@H](C)C(F)[C@H]1OC.COC[C@H]1O[C@@H](C)C(F)[C@H]1OC.COC[C@H]1O[C@@H](C)C[C@H]1OC.COC[C@H]1O[C@@H](C)C[C@H]1OC.COC[C@H]1S[C@@H](C)C(O)[C@H]1OC. The third-order valence-corrected chi connectivity index (χ3v) is 16.2. The first-order valence-corrected chi connectivity index (χ1v) is 30.3. The summed E-state index contributed by atoms with van der Waals surface area (Å²) < 4.78 is 140. The minimum absolute atomic E-state index is 0.0162. The number of alkyl halides is 2. The smallest absolute Gasteiger partial charge is 0.154 e. The Hall–Kier alpha value is -0.750. The number of thioether (sulfide) groups is 1. The Morgan fingerprint density at radius 1 is 0.523 bits per heavy atom. The van der Waals surface area contributed by atoms with Gasteiger partial charge < -0.3 is 114 Å². The summed E-state index contributed by atoms with van der Waals surface area (Å²) in [6.45, 7) is 18.1. The summed E-state index contributed by atoms with van der Waals surface area (Å²) in [7, 11) is 26.0. The lowest BCUT2D eigenvalue weighted by Crippen LogP contribution is -2.45. The van der Waals surface area contributed by atoms with E-state index < -0.39 is 36.8 Å². The molecule has 7 fully saturated rings. The molecule has 7 rings (SSSR count). The number of ether oxygens (including phenoxy) is 22. The molecule has 86 heavy (non-hydrogen) atoms. The summed E-state index contributed by atoms with van der Waals surface area (Å²) >= 11 is 1.73. The van der Waals surface area contributed by atoms with Gasteiger partial charge in [0.05, 0.1) is 132 Å². The average molecular weight is 1280 g/mol. The van der Waals surface area contributed by atoms with Crippen LogP contribution >= 0.6 is 11.8 Å². The maximum Gasteiger partial charge on any atom is 0.154 e. The largest absolute Gasteiger partial charge is 0.394 e. The Morgan fingerprint density at radius 3 is 1.28 bits per heavy atom. The zero-order valence-corrected chi connectivity index (χ0v) is 57.1. The standard InChI is InChI=1S/C9H16O4.2C8H15FO3.C8H18O4.C8H16O3S.2C8H16O3.C2H6O/c1-6-7-8(11-3)9(13-6,4-10-2)5-12-7;2*1-5-7(9)8(11-3)6(12-5)4-10-2;1-7(4-9)12-8(5-10-2)6-11-3;1-5-7(9)8(11-3)6(12-5)4-10-2;2*1-6-4-7(10-3)8(11-6)5-9-2;1-3-2/h6-8H,4-5H2,1-3H3;2*5-8H,4H2,1-3H3;7-9H,4-6H2,1-3H3;5-9H,4H2,1-3H3;2*6-8H,4-5H2,1-3H3;1-2H3/t6-,7?,8+,9-;2*5-,6+,7?,8-;7-;5-,6+,7?,8-;2*6-,7+,8+;/m0000000./s1. The van der Waals surface area contributed by atoms with Crippen LogP contribution in [0.4, 0.5) is 8.78 Å². The van der Waals surface area contributed by atoms with Crippen LogP contribution in [0.5, 0.6) is 0 Å². The topological polar surface area (TPSA) is 244 Å². The fraction of sp³-hybridized carbons (Fsp3) is 1.00. The van der Waals surface area contributed by atoms with E-state index in [0.717, 1.165) is 12.8 Å². The number of fused-ring (bicyclic) bond motifs is 2. The predicted octanol–water partition coefficient (Wildman–Crippen LogP) is 4.22. The maximum atomic E-state index is 13.2. The molecular formula is C59H118F2O24S. The number of hydrogen-bond acceptors (Lipinski definition) is 25. The molecule has 7 aliphatic heterocycles. The first kappa shape index (κ1) is 85.2. The number of rotatable bonds is 25. The summed E-state index contributed by atoms with van der Waals surface area (Å²) in [6, 6.07) is 0. The van der Waals surface area contributed by atoms with Crippen LogP contribution in [-0.4, -0.2) is 334 Å². The number of aliphatic hydroxyl groups is 2. The van der Waals surface area contributed by atoms with Gasteiger partial charge in [-0.2, -0.15) is 0 Å². The molecule has 0 amide bonds. The molecule has 7 saturated heterocycles. The van der Waals surface area contributed by atoms with Crippen molar-refractivity contribution in [2.24, 2.45) is 0 Å². The number of hydrogen-bond donors (Lipinski definition) is 2. The van der Waals surface area contributed by atoms with Crippen LogP contribution in [0.25, 0.3) is 0 Å². The van der Waals surface area contributed by atoms with E-state index in [9.17, 15) is 13.9 Å².